The van der Waals surface area contributed by atoms with Crippen molar-refractivity contribution in [3.05, 3.63) is 51.0 Å². The molecule has 0 saturated carbocycles. The van der Waals surface area contributed by atoms with E-state index in [1.807, 2.05) is 14.0 Å². The first-order valence-corrected chi connectivity index (χ1v) is 7.03. The Bertz CT molecular complexity index is 565. The average Bonchev–Trinajstić information content (AvgIpc) is 2.71. The molecule has 0 spiro atoms. The van der Waals surface area contributed by atoms with Gasteiger partial charge < -0.3 is 10.1 Å². The van der Waals surface area contributed by atoms with Crippen LogP contribution in [0.2, 0.25) is 0 Å². The molecule has 19 heavy (non-hydrogen) atoms. The molecule has 0 atom stereocenters. The number of aryl methyl sites for hydroxylation is 2. The molecule has 0 unspecified atom stereocenters. The maximum absolute atomic E-state index is 13.6. The number of benzene rings is 1. The van der Waals surface area contributed by atoms with Gasteiger partial charge in [0, 0.05) is 21.9 Å². The van der Waals surface area contributed by atoms with Crippen LogP contribution in [0.1, 0.15) is 20.9 Å². The van der Waals surface area contributed by atoms with Crippen LogP contribution in [0.3, 0.4) is 0 Å². The first-order chi connectivity index (χ1) is 9.10. The highest BCUT2D eigenvalue weighted by molar-refractivity contribution is 7.12. The number of hydrogen-bond acceptors (Lipinski definition) is 3. The number of ether oxygens (including phenoxy) is 1. The molecule has 1 aromatic heterocycles. The van der Waals surface area contributed by atoms with Crippen LogP contribution >= 0.6 is 11.3 Å². The van der Waals surface area contributed by atoms with Crippen LogP contribution in [0.5, 0.6) is 5.75 Å². The van der Waals surface area contributed by atoms with Gasteiger partial charge in [0.2, 0.25) is 0 Å². The van der Waals surface area contributed by atoms with Crippen LogP contribution < -0.4 is 10.1 Å². The molecule has 0 aliphatic heterocycles. The summed E-state index contributed by atoms with van der Waals surface area (Å²) < 4.78 is 19.2. The van der Waals surface area contributed by atoms with Gasteiger partial charge in [-0.15, -0.1) is 11.3 Å². The van der Waals surface area contributed by atoms with Crippen molar-refractivity contribution in [2.24, 2.45) is 0 Å². The summed E-state index contributed by atoms with van der Waals surface area (Å²) >= 11 is 1.75. The van der Waals surface area contributed by atoms with Crippen LogP contribution in [-0.4, -0.2) is 7.05 Å². The summed E-state index contributed by atoms with van der Waals surface area (Å²) in [7, 11) is 1.92. The molecule has 0 aliphatic carbocycles. The van der Waals surface area contributed by atoms with Gasteiger partial charge in [0.25, 0.3) is 0 Å². The third-order valence-electron chi connectivity index (χ3n) is 2.89. The van der Waals surface area contributed by atoms with Gasteiger partial charge in [-0.2, -0.15) is 0 Å². The summed E-state index contributed by atoms with van der Waals surface area (Å²) in [5.74, 6) is 0.00898. The summed E-state index contributed by atoms with van der Waals surface area (Å²) in [6.45, 7) is 5.25. The molecule has 0 radical (unpaired) electrons. The normalized spacial score (nSPS) is 10.7. The van der Waals surface area contributed by atoms with Crippen LogP contribution in [-0.2, 0) is 13.2 Å². The van der Waals surface area contributed by atoms with Crippen molar-refractivity contribution < 1.29 is 9.13 Å². The van der Waals surface area contributed by atoms with Gasteiger partial charge in [-0.1, -0.05) is 6.07 Å². The van der Waals surface area contributed by atoms with E-state index in [2.05, 4.69) is 18.3 Å². The molecular weight excluding hydrogens is 261 g/mol. The van der Waals surface area contributed by atoms with E-state index < -0.39 is 0 Å². The molecule has 1 aromatic carbocycles. The zero-order valence-corrected chi connectivity index (χ0v) is 12.2. The molecule has 0 aliphatic rings. The Morgan fingerprint density at radius 3 is 2.79 bits per heavy atom. The van der Waals surface area contributed by atoms with Crippen molar-refractivity contribution in [1.82, 2.24) is 5.32 Å². The Kier molecular flexibility index (Phi) is 4.56. The summed E-state index contributed by atoms with van der Waals surface area (Å²) in [5.41, 5.74) is 2.12. The van der Waals surface area contributed by atoms with E-state index >= 15 is 0 Å². The van der Waals surface area contributed by atoms with E-state index in [1.54, 1.807) is 23.5 Å². The largest absolute Gasteiger partial charge is 0.486 e. The van der Waals surface area contributed by atoms with Crippen LogP contribution in [0.25, 0.3) is 0 Å². The lowest BCUT2D eigenvalue weighted by Gasteiger charge is -2.07. The maximum Gasteiger partial charge on any atom is 0.165 e. The Balaban J connectivity index is 2.07. The van der Waals surface area contributed by atoms with Crippen molar-refractivity contribution in [3.63, 3.8) is 0 Å². The molecule has 0 bridgehead atoms. The molecule has 0 fully saturated rings. The third kappa shape index (κ3) is 3.55. The monoisotopic (exact) mass is 279 g/mol. The van der Waals surface area contributed by atoms with Crippen molar-refractivity contribution in [2.45, 2.75) is 27.0 Å². The van der Waals surface area contributed by atoms with E-state index in [1.165, 1.54) is 15.8 Å². The highest BCUT2D eigenvalue weighted by atomic mass is 32.1. The Morgan fingerprint density at radius 2 is 2.05 bits per heavy atom. The molecule has 0 amide bonds. The van der Waals surface area contributed by atoms with Crippen molar-refractivity contribution >= 4 is 11.3 Å². The molecule has 4 heteroatoms. The van der Waals surface area contributed by atoms with Crippen LogP contribution in [0, 0.1) is 19.7 Å². The Hall–Kier alpha value is -1.39. The van der Waals surface area contributed by atoms with Crippen molar-refractivity contribution in [1.29, 1.82) is 0 Å². The fourth-order valence-electron chi connectivity index (χ4n) is 1.87. The molecule has 2 aromatic rings. The van der Waals surface area contributed by atoms with E-state index in [9.17, 15) is 4.39 Å². The predicted octanol–water partition coefficient (Wildman–Crippen LogP) is 3.80. The van der Waals surface area contributed by atoms with E-state index in [0.29, 0.717) is 12.4 Å². The topological polar surface area (TPSA) is 21.3 Å². The van der Waals surface area contributed by atoms with Crippen molar-refractivity contribution in [2.75, 3.05) is 7.05 Å². The van der Waals surface area contributed by atoms with Crippen LogP contribution in [0.15, 0.2) is 24.3 Å². The molecule has 1 N–H and O–H groups in total. The molecule has 1 heterocycles. The zero-order chi connectivity index (χ0) is 13.8. The van der Waals surface area contributed by atoms with E-state index in [0.717, 1.165) is 17.7 Å². The number of hydrogen-bond donors (Lipinski definition) is 1. The maximum atomic E-state index is 13.6. The Labute approximate surface area is 117 Å². The summed E-state index contributed by atoms with van der Waals surface area (Å²) in [6.07, 6.45) is 0. The molecule has 102 valence electrons. The van der Waals surface area contributed by atoms with Gasteiger partial charge >= 0.3 is 0 Å². The fourth-order valence-corrected chi connectivity index (χ4v) is 2.93. The van der Waals surface area contributed by atoms with E-state index in [4.69, 9.17) is 4.74 Å². The average molecular weight is 279 g/mol. The second kappa shape index (κ2) is 6.17. The molecule has 2 nitrogen and oxygen atoms in total. The number of halogens is 1. The summed E-state index contributed by atoms with van der Waals surface area (Å²) in [4.78, 5) is 2.49. The quantitative estimate of drug-likeness (QED) is 0.899. The minimum absolute atomic E-state index is 0.311. The minimum Gasteiger partial charge on any atom is -0.486 e. The number of thiophene rings is 1. The highest BCUT2D eigenvalue weighted by Crippen LogP contribution is 2.24. The lowest BCUT2D eigenvalue weighted by atomic mass is 10.2. The van der Waals surface area contributed by atoms with E-state index in [-0.39, 0.29) is 5.82 Å². The first kappa shape index (κ1) is 14.0. The van der Waals surface area contributed by atoms with Gasteiger partial charge in [-0.25, -0.2) is 4.39 Å². The second-order valence-corrected chi connectivity index (χ2v) is 5.89. The van der Waals surface area contributed by atoms with Crippen molar-refractivity contribution in [3.8, 4) is 5.75 Å². The standard InChI is InChI=1S/C15H18FNOS/c1-10-4-5-14(16)15(6-10)18-9-12-7-13(8-17-3)19-11(12)2/h4-7,17H,8-9H2,1-3H3. The van der Waals surface area contributed by atoms with Gasteiger partial charge in [0.05, 0.1) is 0 Å². The lowest BCUT2D eigenvalue weighted by molar-refractivity contribution is 0.290. The van der Waals surface area contributed by atoms with Gasteiger partial charge in [0.15, 0.2) is 11.6 Å². The summed E-state index contributed by atoms with van der Waals surface area (Å²) in [6, 6.07) is 7.02. The molecular formula is C15H18FNOS. The second-order valence-electron chi connectivity index (χ2n) is 4.55. The number of nitrogens with one attached hydrogen (secondary N) is 1. The molecule has 2 rings (SSSR count). The summed E-state index contributed by atoms with van der Waals surface area (Å²) in [5, 5.41) is 3.12. The Morgan fingerprint density at radius 1 is 1.26 bits per heavy atom. The fraction of sp³-hybridized carbons (Fsp3) is 0.333. The van der Waals surface area contributed by atoms with Gasteiger partial charge in [-0.05, 0) is 44.7 Å². The van der Waals surface area contributed by atoms with Gasteiger partial charge in [-0.3, -0.25) is 0 Å². The first-order valence-electron chi connectivity index (χ1n) is 6.22. The predicted molar refractivity (Wildman–Crippen MR) is 77.3 cm³/mol. The minimum atomic E-state index is -0.311. The number of rotatable bonds is 5. The molecule has 0 saturated heterocycles. The third-order valence-corrected chi connectivity index (χ3v) is 3.99. The lowest BCUT2D eigenvalue weighted by Crippen LogP contribution is -2.03. The van der Waals surface area contributed by atoms with Crippen LogP contribution in [0.4, 0.5) is 4.39 Å². The van der Waals surface area contributed by atoms with Gasteiger partial charge in [0.1, 0.15) is 6.61 Å². The highest BCUT2D eigenvalue weighted by Gasteiger charge is 2.08. The zero-order valence-electron chi connectivity index (χ0n) is 11.4. The smallest absolute Gasteiger partial charge is 0.165 e. The SMILES string of the molecule is CNCc1cc(COc2cc(C)ccc2F)c(C)s1.